The SMILES string of the molecule is COCCOCCCNCC1CN2CCCC2CO1. The molecule has 112 valence electrons. The lowest BCUT2D eigenvalue weighted by atomic mass is 10.2. The molecule has 0 spiro atoms. The Morgan fingerprint density at radius 2 is 2.26 bits per heavy atom. The van der Waals surface area contributed by atoms with Crippen molar-refractivity contribution in [3.63, 3.8) is 0 Å². The molecule has 2 aliphatic rings. The van der Waals surface area contributed by atoms with Gasteiger partial charge in [-0.1, -0.05) is 0 Å². The number of hydrogen-bond acceptors (Lipinski definition) is 5. The second kappa shape index (κ2) is 8.87. The summed E-state index contributed by atoms with van der Waals surface area (Å²) in [7, 11) is 1.69. The van der Waals surface area contributed by atoms with E-state index >= 15 is 0 Å². The number of ether oxygens (including phenoxy) is 3. The fraction of sp³-hybridized carbons (Fsp3) is 1.00. The third-order valence-electron chi connectivity index (χ3n) is 3.91. The molecule has 0 radical (unpaired) electrons. The molecule has 0 aromatic rings. The molecule has 0 aliphatic carbocycles. The van der Waals surface area contributed by atoms with Crippen molar-refractivity contribution in [1.82, 2.24) is 10.2 Å². The first-order valence-corrected chi connectivity index (χ1v) is 7.53. The van der Waals surface area contributed by atoms with Gasteiger partial charge >= 0.3 is 0 Å². The van der Waals surface area contributed by atoms with Crippen LogP contribution >= 0.6 is 0 Å². The van der Waals surface area contributed by atoms with E-state index in [-0.39, 0.29) is 0 Å². The van der Waals surface area contributed by atoms with Gasteiger partial charge in [0.15, 0.2) is 0 Å². The smallest absolute Gasteiger partial charge is 0.0826 e. The van der Waals surface area contributed by atoms with Crippen LogP contribution in [-0.4, -0.2) is 76.8 Å². The summed E-state index contributed by atoms with van der Waals surface area (Å²) in [6.07, 6.45) is 4.07. The second-order valence-corrected chi connectivity index (χ2v) is 5.41. The Bertz CT molecular complexity index is 241. The molecule has 2 aliphatic heterocycles. The van der Waals surface area contributed by atoms with Crippen molar-refractivity contribution in [2.24, 2.45) is 0 Å². The van der Waals surface area contributed by atoms with Gasteiger partial charge in [-0.3, -0.25) is 4.90 Å². The summed E-state index contributed by atoms with van der Waals surface area (Å²) >= 11 is 0. The van der Waals surface area contributed by atoms with E-state index in [1.54, 1.807) is 7.11 Å². The van der Waals surface area contributed by atoms with Crippen LogP contribution in [0.1, 0.15) is 19.3 Å². The minimum Gasteiger partial charge on any atom is -0.382 e. The van der Waals surface area contributed by atoms with Crippen molar-refractivity contribution >= 4 is 0 Å². The monoisotopic (exact) mass is 272 g/mol. The van der Waals surface area contributed by atoms with Crippen molar-refractivity contribution in [2.75, 3.05) is 59.7 Å². The molecule has 2 atom stereocenters. The number of nitrogens with one attached hydrogen (secondary N) is 1. The van der Waals surface area contributed by atoms with Gasteiger partial charge in [0.2, 0.25) is 0 Å². The van der Waals surface area contributed by atoms with Crippen LogP contribution in [0, 0.1) is 0 Å². The van der Waals surface area contributed by atoms with Gasteiger partial charge in [0, 0.05) is 32.8 Å². The van der Waals surface area contributed by atoms with Crippen molar-refractivity contribution in [1.29, 1.82) is 0 Å². The second-order valence-electron chi connectivity index (χ2n) is 5.41. The first-order valence-electron chi connectivity index (χ1n) is 7.53. The lowest BCUT2D eigenvalue weighted by Crippen LogP contribution is -2.49. The quantitative estimate of drug-likeness (QED) is 0.619. The maximum absolute atomic E-state index is 5.90. The molecule has 2 saturated heterocycles. The zero-order valence-electron chi connectivity index (χ0n) is 12.1. The van der Waals surface area contributed by atoms with Gasteiger partial charge in [-0.2, -0.15) is 0 Å². The fourth-order valence-electron chi connectivity index (χ4n) is 2.82. The summed E-state index contributed by atoms with van der Waals surface area (Å²) in [5.74, 6) is 0. The predicted molar refractivity (Wildman–Crippen MR) is 74.5 cm³/mol. The highest BCUT2D eigenvalue weighted by atomic mass is 16.5. The minimum atomic E-state index is 0.365. The molecule has 2 fully saturated rings. The third kappa shape index (κ3) is 5.36. The molecular weight excluding hydrogens is 244 g/mol. The number of hydrogen-bond donors (Lipinski definition) is 1. The van der Waals surface area contributed by atoms with Gasteiger partial charge in [-0.05, 0) is 32.4 Å². The summed E-state index contributed by atoms with van der Waals surface area (Å²) in [5.41, 5.74) is 0. The standard InChI is InChI=1S/C14H28N2O3/c1-17-8-9-18-7-3-5-15-10-14-11-16-6-2-4-13(16)12-19-14/h13-15H,2-12H2,1H3. The van der Waals surface area contributed by atoms with Gasteiger partial charge in [0.25, 0.3) is 0 Å². The Morgan fingerprint density at radius 1 is 1.32 bits per heavy atom. The Hall–Kier alpha value is -0.200. The molecule has 0 amide bonds. The highest BCUT2D eigenvalue weighted by Crippen LogP contribution is 2.22. The van der Waals surface area contributed by atoms with Gasteiger partial charge in [0.05, 0.1) is 25.9 Å². The first-order chi connectivity index (χ1) is 9.40. The average Bonchev–Trinajstić information content (AvgIpc) is 2.89. The number of methoxy groups -OCH3 is 1. The Balaban J connectivity index is 1.43. The zero-order valence-corrected chi connectivity index (χ0v) is 12.1. The molecule has 19 heavy (non-hydrogen) atoms. The van der Waals surface area contributed by atoms with Crippen LogP contribution in [0.25, 0.3) is 0 Å². The lowest BCUT2D eigenvalue weighted by Gasteiger charge is -2.35. The van der Waals surface area contributed by atoms with Crippen LogP contribution in [0.3, 0.4) is 0 Å². The number of fused-ring (bicyclic) bond motifs is 1. The molecule has 2 heterocycles. The summed E-state index contributed by atoms with van der Waals surface area (Å²) in [6.45, 7) is 7.42. The van der Waals surface area contributed by atoms with E-state index in [0.29, 0.717) is 25.4 Å². The number of rotatable bonds is 9. The molecule has 2 rings (SSSR count). The summed E-state index contributed by atoms with van der Waals surface area (Å²) < 4.78 is 16.2. The number of morpholine rings is 1. The van der Waals surface area contributed by atoms with Crippen molar-refractivity contribution in [2.45, 2.75) is 31.4 Å². The lowest BCUT2D eigenvalue weighted by molar-refractivity contribution is -0.0470. The van der Waals surface area contributed by atoms with Crippen molar-refractivity contribution in [3.8, 4) is 0 Å². The van der Waals surface area contributed by atoms with Crippen molar-refractivity contribution < 1.29 is 14.2 Å². The Labute approximate surface area is 116 Å². The number of nitrogens with zero attached hydrogens (tertiary/aromatic N) is 1. The highest BCUT2D eigenvalue weighted by Gasteiger charge is 2.31. The van der Waals surface area contributed by atoms with Crippen LogP contribution in [-0.2, 0) is 14.2 Å². The van der Waals surface area contributed by atoms with Crippen molar-refractivity contribution in [3.05, 3.63) is 0 Å². The van der Waals surface area contributed by atoms with Crippen LogP contribution in [0.5, 0.6) is 0 Å². The van der Waals surface area contributed by atoms with E-state index < -0.39 is 0 Å². The molecule has 0 saturated carbocycles. The Morgan fingerprint density at radius 3 is 3.16 bits per heavy atom. The van der Waals surface area contributed by atoms with Crippen LogP contribution < -0.4 is 5.32 Å². The zero-order chi connectivity index (χ0) is 13.3. The van der Waals surface area contributed by atoms with Gasteiger partial charge in [0.1, 0.15) is 0 Å². The molecule has 5 nitrogen and oxygen atoms in total. The molecular formula is C14H28N2O3. The van der Waals surface area contributed by atoms with E-state index in [4.69, 9.17) is 14.2 Å². The van der Waals surface area contributed by atoms with E-state index in [1.807, 2.05) is 0 Å². The molecule has 1 N–H and O–H groups in total. The molecule has 0 bridgehead atoms. The summed E-state index contributed by atoms with van der Waals surface area (Å²) in [6, 6.07) is 0.699. The van der Waals surface area contributed by atoms with Gasteiger partial charge < -0.3 is 19.5 Å². The fourth-order valence-corrected chi connectivity index (χ4v) is 2.82. The molecule has 0 aromatic carbocycles. The van der Waals surface area contributed by atoms with E-state index in [9.17, 15) is 0 Å². The van der Waals surface area contributed by atoms with E-state index in [2.05, 4.69) is 10.2 Å². The predicted octanol–water partition coefficient (Wildman–Crippen LogP) is 0.492. The largest absolute Gasteiger partial charge is 0.382 e. The third-order valence-corrected chi connectivity index (χ3v) is 3.91. The van der Waals surface area contributed by atoms with Gasteiger partial charge in [-0.15, -0.1) is 0 Å². The van der Waals surface area contributed by atoms with E-state index in [0.717, 1.165) is 39.3 Å². The topological polar surface area (TPSA) is 43.0 Å². The first kappa shape index (κ1) is 15.2. The van der Waals surface area contributed by atoms with Crippen LogP contribution in [0.15, 0.2) is 0 Å². The molecule has 0 aromatic heterocycles. The van der Waals surface area contributed by atoms with Crippen LogP contribution in [0.2, 0.25) is 0 Å². The molecule has 2 unspecified atom stereocenters. The van der Waals surface area contributed by atoms with E-state index in [1.165, 1.54) is 19.4 Å². The maximum Gasteiger partial charge on any atom is 0.0826 e. The summed E-state index contributed by atoms with van der Waals surface area (Å²) in [4.78, 5) is 2.59. The van der Waals surface area contributed by atoms with Crippen LogP contribution in [0.4, 0.5) is 0 Å². The normalized spacial score (nSPS) is 27.6. The minimum absolute atomic E-state index is 0.365. The maximum atomic E-state index is 5.90. The van der Waals surface area contributed by atoms with Gasteiger partial charge in [-0.25, -0.2) is 0 Å². The molecule has 5 heteroatoms. The summed E-state index contributed by atoms with van der Waals surface area (Å²) in [5, 5.41) is 3.46. The highest BCUT2D eigenvalue weighted by molar-refractivity contribution is 4.85. The average molecular weight is 272 g/mol. The Kier molecular flexibility index (Phi) is 7.09.